The quantitative estimate of drug-likeness (QED) is 0.710. The molecule has 106 valence electrons. The minimum Gasteiger partial charge on any atom is -0.508 e. The Kier molecular flexibility index (Phi) is 3.88. The number of phenols is 1. The van der Waals surface area contributed by atoms with Crippen LogP contribution in [0.3, 0.4) is 0 Å². The molecule has 0 aromatic heterocycles. The predicted octanol–water partition coefficient (Wildman–Crippen LogP) is -0.192. The number of carboxylic acids is 1. The fraction of sp³-hybridized carbons (Fsp3) is 0.308. The zero-order chi connectivity index (χ0) is 14.7. The second-order valence-corrected chi connectivity index (χ2v) is 4.45. The van der Waals surface area contributed by atoms with Gasteiger partial charge in [0.05, 0.1) is 6.42 Å². The first kappa shape index (κ1) is 13.9. The molecule has 1 aromatic rings. The molecule has 2 amide bonds. The molecule has 1 heterocycles. The number of piperazine rings is 1. The Morgan fingerprint density at radius 3 is 2.80 bits per heavy atom. The molecule has 1 unspecified atom stereocenters. The number of carbonyl (C=O) groups is 3. The second kappa shape index (κ2) is 5.60. The first-order valence-electron chi connectivity index (χ1n) is 6.08. The number of carboxylic acid groups (broad SMARTS) is 1. The van der Waals surface area contributed by atoms with Crippen molar-refractivity contribution in [2.75, 3.05) is 13.1 Å². The number of hydrogen-bond donors (Lipinski definition) is 3. The highest BCUT2D eigenvalue weighted by molar-refractivity contribution is 5.99. The Morgan fingerprint density at radius 2 is 2.15 bits per heavy atom. The Morgan fingerprint density at radius 1 is 1.40 bits per heavy atom. The molecule has 1 aliphatic heterocycles. The van der Waals surface area contributed by atoms with E-state index in [9.17, 15) is 19.5 Å². The van der Waals surface area contributed by atoms with E-state index in [4.69, 9.17) is 5.11 Å². The van der Waals surface area contributed by atoms with Crippen LogP contribution in [-0.2, 0) is 9.59 Å². The summed E-state index contributed by atoms with van der Waals surface area (Å²) < 4.78 is 0. The van der Waals surface area contributed by atoms with Gasteiger partial charge in [0.2, 0.25) is 5.91 Å². The van der Waals surface area contributed by atoms with Crippen molar-refractivity contribution in [1.82, 2.24) is 10.2 Å². The standard InChI is InChI=1S/C13H14N2O5/c16-9-3-1-2-8(6-9)13(20)15-5-4-14-12(19)10(15)7-11(17)18/h1-3,6,10,16H,4-5,7H2,(H,14,19)(H,17,18). The molecule has 1 aromatic carbocycles. The van der Waals surface area contributed by atoms with Crippen LogP contribution in [-0.4, -0.2) is 52.0 Å². The SMILES string of the molecule is O=C(O)CC1C(=O)NCCN1C(=O)c1cccc(O)c1. The van der Waals surface area contributed by atoms with E-state index < -0.39 is 30.2 Å². The molecule has 0 spiro atoms. The third kappa shape index (κ3) is 2.87. The summed E-state index contributed by atoms with van der Waals surface area (Å²) in [4.78, 5) is 36.1. The number of nitrogens with zero attached hydrogens (tertiary/aromatic N) is 1. The van der Waals surface area contributed by atoms with Crippen molar-refractivity contribution in [3.8, 4) is 5.75 Å². The smallest absolute Gasteiger partial charge is 0.305 e. The van der Waals surface area contributed by atoms with Gasteiger partial charge in [-0.25, -0.2) is 0 Å². The molecule has 7 heteroatoms. The van der Waals surface area contributed by atoms with Crippen LogP contribution in [0.5, 0.6) is 5.75 Å². The molecule has 1 saturated heterocycles. The summed E-state index contributed by atoms with van der Waals surface area (Å²) in [5.41, 5.74) is 0.218. The average Bonchev–Trinajstić information content (AvgIpc) is 2.40. The average molecular weight is 278 g/mol. The van der Waals surface area contributed by atoms with Crippen LogP contribution >= 0.6 is 0 Å². The number of hydrogen-bond acceptors (Lipinski definition) is 4. The number of aromatic hydroxyl groups is 1. The Labute approximate surface area is 114 Å². The highest BCUT2D eigenvalue weighted by Crippen LogP contribution is 2.17. The lowest BCUT2D eigenvalue weighted by molar-refractivity contribution is -0.142. The lowest BCUT2D eigenvalue weighted by Gasteiger charge is -2.34. The Bertz CT molecular complexity index is 557. The van der Waals surface area contributed by atoms with Gasteiger partial charge < -0.3 is 20.4 Å². The maximum atomic E-state index is 12.3. The fourth-order valence-corrected chi connectivity index (χ4v) is 2.13. The van der Waals surface area contributed by atoms with Gasteiger partial charge in [0, 0.05) is 18.7 Å². The van der Waals surface area contributed by atoms with Crippen molar-refractivity contribution in [2.24, 2.45) is 0 Å². The molecule has 1 fully saturated rings. The maximum Gasteiger partial charge on any atom is 0.305 e. The second-order valence-electron chi connectivity index (χ2n) is 4.45. The van der Waals surface area contributed by atoms with Crippen LogP contribution in [0.4, 0.5) is 0 Å². The van der Waals surface area contributed by atoms with Crippen LogP contribution in [0.1, 0.15) is 16.8 Å². The number of carbonyl (C=O) groups excluding carboxylic acids is 2. The zero-order valence-corrected chi connectivity index (χ0v) is 10.6. The van der Waals surface area contributed by atoms with Crippen LogP contribution < -0.4 is 5.32 Å². The van der Waals surface area contributed by atoms with Crippen molar-refractivity contribution in [2.45, 2.75) is 12.5 Å². The number of aliphatic carboxylic acids is 1. The fourth-order valence-electron chi connectivity index (χ4n) is 2.13. The number of phenolic OH excluding ortho intramolecular Hbond substituents is 1. The van der Waals surface area contributed by atoms with Crippen LogP contribution in [0, 0.1) is 0 Å². The van der Waals surface area contributed by atoms with E-state index in [0.29, 0.717) is 0 Å². The Hall–Kier alpha value is -2.57. The van der Waals surface area contributed by atoms with Gasteiger partial charge >= 0.3 is 5.97 Å². The van der Waals surface area contributed by atoms with Gasteiger partial charge in [-0.1, -0.05) is 6.07 Å². The first-order valence-corrected chi connectivity index (χ1v) is 6.08. The van der Waals surface area contributed by atoms with E-state index in [0.717, 1.165) is 0 Å². The van der Waals surface area contributed by atoms with E-state index in [1.165, 1.54) is 29.2 Å². The summed E-state index contributed by atoms with van der Waals surface area (Å²) in [6.45, 7) is 0.512. The highest BCUT2D eigenvalue weighted by atomic mass is 16.4. The third-order valence-corrected chi connectivity index (χ3v) is 3.05. The van der Waals surface area contributed by atoms with Crippen molar-refractivity contribution < 1.29 is 24.6 Å². The topological polar surface area (TPSA) is 107 Å². The predicted molar refractivity (Wildman–Crippen MR) is 68.2 cm³/mol. The summed E-state index contributed by atoms with van der Waals surface area (Å²) in [5, 5.41) is 20.8. The molecule has 7 nitrogen and oxygen atoms in total. The van der Waals surface area contributed by atoms with Crippen molar-refractivity contribution >= 4 is 17.8 Å². The molecule has 0 bridgehead atoms. The van der Waals surface area contributed by atoms with Gasteiger partial charge in [-0.15, -0.1) is 0 Å². The lowest BCUT2D eigenvalue weighted by Crippen LogP contribution is -2.57. The zero-order valence-electron chi connectivity index (χ0n) is 10.6. The van der Waals surface area contributed by atoms with Gasteiger partial charge in [0.25, 0.3) is 5.91 Å². The molecule has 1 aliphatic rings. The Balaban J connectivity index is 2.25. The molecular formula is C13H14N2O5. The molecule has 0 saturated carbocycles. The van der Waals surface area contributed by atoms with E-state index >= 15 is 0 Å². The minimum absolute atomic E-state index is 0.0629. The van der Waals surface area contributed by atoms with Crippen LogP contribution in [0.25, 0.3) is 0 Å². The molecule has 20 heavy (non-hydrogen) atoms. The number of rotatable bonds is 3. The van der Waals surface area contributed by atoms with Gasteiger partial charge in [-0.3, -0.25) is 14.4 Å². The van der Waals surface area contributed by atoms with Crippen molar-refractivity contribution in [1.29, 1.82) is 0 Å². The molecule has 3 N–H and O–H groups in total. The van der Waals surface area contributed by atoms with E-state index in [-0.39, 0.29) is 24.4 Å². The summed E-state index contributed by atoms with van der Waals surface area (Å²) in [6.07, 6.45) is -0.448. The third-order valence-electron chi connectivity index (χ3n) is 3.05. The molecule has 0 radical (unpaired) electrons. The maximum absolute atomic E-state index is 12.3. The molecular weight excluding hydrogens is 264 g/mol. The monoisotopic (exact) mass is 278 g/mol. The van der Waals surface area contributed by atoms with Gasteiger partial charge in [-0.05, 0) is 18.2 Å². The van der Waals surface area contributed by atoms with Crippen molar-refractivity contribution in [3.05, 3.63) is 29.8 Å². The van der Waals surface area contributed by atoms with E-state index in [1.807, 2.05) is 0 Å². The van der Waals surface area contributed by atoms with Crippen molar-refractivity contribution in [3.63, 3.8) is 0 Å². The number of amides is 2. The van der Waals surface area contributed by atoms with Crippen LogP contribution in [0.15, 0.2) is 24.3 Å². The van der Waals surface area contributed by atoms with Gasteiger partial charge in [0.15, 0.2) is 0 Å². The van der Waals surface area contributed by atoms with E-state index in [2.05, 4.69) is 5.32 Å². The van der Waals surface area contributed by atoms with E-state index in [1.54, 1.807) is 0 Å². The van der Waals surface area contributed by atoms with Gasteiger partial charge in [-0.2, -0.15) is 0 Å². The molecule has 2 rings (SSSR count). The summed E-state index contributed by atoms with van der Waals surface area (Å²) in [5.74, 6) is -2.16. The van der Waals surface area contributed by atoms with Crippen LogP contribution in [0.2, 0.25) is 0 Å². The first-order chi connectivity index (χ1) is 9.49. The lowest BCUT2D eigenvalue weighted by atomic mass is 10.1. The summed E-state index contributed by atoms with van der Waals surface area (Å²) in [6, 6.07) is 4.70. The molecule has 1 atom stereocenters. The number of benzene rings is 1. The largest absolute Gasteiger partial charge is 0.508 e. The molecule has 0 aliphatic carbocycles. The summed E-state index contributed by atoms with van der Waals surface area (Å²) >= 11 is 0. The highest BCUT2D eigenvalue weighted by Gasteiger charge is 2.35. The number of nitrogens with one attached hydrogen (secondary N) is 1. The normalized spacial score (nSPS) is 18.5. The minimum atomic E-state index is -1.15. The van der Waals surface area contributed by atoms with Gasteiger partial charge in [0.1, 0.15) is 11.8 Å². The summed E-state index contributed by atoms with van der Waals surface area (Å²) in [7, 11) is 0.